The Kier molecular flexibility index (Phi) is 24.3. The number of hydrogen-bond acceptors (Lipinski definition) is 9. The second-order valence-corrected chi connectivity index (χ2v) is 21.2. The predicted molar refractivity (Wildman–Crippen MR) is 338 cm³/mol. The highest BCUT2D eigenvalue weighted by Gasteiger charge is 2.22. The Bertz CT molecular complexity index is 3550. The Hall–Kier alpha value is -8.67. The van der Waals surface area contributed by atoms with E-state index in [0.29, 0.717) is 40.7 Å². The summed E-state index contributed by atoms with van der Waals surface area (Å²) in [7, 11) is 6.78. The van der Waals surface area contributed by atoms with Crippen LogP contribution < -0.4 is 15.2 Å². The Morgan fingerprint density at radius 2 is 1.00 bits per heavy atom. The minimum atomic E-state index is -0.661. The van der Waals surface area contributed by atoms with Gasteiger partial charge in [0.1, 0.15) is 30.3 Å². The Morgan fingerprint density at radius 1 is 0.583 bits per heavy atom. The van der Waals surface area contributed by atoms with Gasteiger partial charge in [-0.05, 0) is 144 Å². The average Bonchev–Trinajstić information content (AvgIpc) is 2.87. The van der Waals surface area contributed by atoms with Gasteiger partial charge < -0.3 is 34.6 Å². The molecule has 0 aliphatic rings. The van der Waals surface area contributed by atoms with Crippen molar-refractivity contribution in [1.82, 2.24) is 35.1 Å². The maximum absolute atomic E-state index is 14.5. The molecule has 0 atom stereocenters. The summed E-state index contributed by atoms with van der Waals surface area (Å²) in [5.41, 5.74) is 16.5. The van der Waals surface area contributed by atoms with E-state index in [0.717, 1.165) is 74.0 Å². The van der Waals surface area contributed by atoms with E-state index in [1.54, 1.807) is 61.1 Å². The van der Waals surface area contributed by atoms with Gasteiger partial charge in [0.15, 0.2) is 0 Å². The van der Waals surface area contributed by atoms with Crippen LogP contribution in [0.2, 0.25) is 0 Å². The van der Waals surface area contributed by atoms with Crippen molar-refractivity contribution in [1.29, 1.82) is 0 Å². The van der Waals surface area contributed by atoms with E-state index < -0.39 is 23.6 Å². The number of likely N-dealkylation sites (N-methyl/N-ethyl adjacent to an activating group) is 2. The molecular weight excluding hydrogens is 1130 g/mol. The van der Waals surface area contributed by atoms with Gasteiger partial charge in [-0.25, -0.2) is 4.79 Å². The number of amides is 3. The van der Waals surface area contributed by atoms with E-state index in [1.165, 1.54) is 32.4 Å². The molecular formula is C67H75BrF2N8O6. The molecule has 2 heterocycles. The number of hydrogen-bond donors (Lipinski definition) is 3. The average molecular weight is 1210 g/mol. The summed E-state index contributed by atoms with van der Waals surface area (Å²) in [6.45, 7) is 11.3. The zero-order valence-electron chi connectivity index (χ0n) is 49.2. The van der Waals surface area contributed by atoms with Gasteiger partial charge >= 0.3 is 6.09 Å². The maximum Gasteiger partial charge on any atom is 0.410 e. The van der Waals surface area contributed by atoms with E-state index in [1.807, 2.05) is 121 Å². The topological polar surface area (TPSA) is 172 Å². The molecule has 0 spiro atoms. The number of ether oxygens (including phenoxy) is 3. The molecule has 0 radical (unpaired) electrons. The predicted octanol–water partition coefficient (Wildman–Crippen LogP) is 13.8. The van der Waals surface area contributed by atoms with E-state index in [2.05, 4.69) is 74.4 Å². The van der Waals surface area contributed by atoms with Crippen LogP contribution in [-0.2, 0) is 14.3 Å². The molecule has 3 amide bonds. The fourth-order valence-corrected chi connectivity index (χ4v) is 9.01. The van der Waals surface area contributed by atoms with Crippen LogP contribution >= 0.6 is 15.9 Å². The van der Waals surface area contributed by atoms with Crippen molar-refractivity contribution in [3.8, 4) is 11.5 Å². The first-order valence-corrected chi connectivity index (χ1v) is 28.8. The third-order valence-electron chi connectivity index (χ3n) is 12.9. The second kappa shape index (κ2) is 31.7. The number of nitrogens with zero attached hydrogens (tertiary/aromatic N) is 5. The Labute approximate surface area is 499 Å². The lowest BCUT2D eigenvalue weighted by Crippen LogP contribution is -2.39. The van der Waals surface area contributed by atoms with Crippen molar-refractivity contribution in [2.24, 2.45) is 5.73 Å². The number of halogens is 3. The number of benzene rings is 6. The molecule has 0 aliphatic heterocycles. The zero-order chi connectivity index (χ0) is 60.8. The molecule has 0 saturated heterocycles. The lowest BCUT2D eigenvalue weighted by Gasteiger charge is -2.26. The molecule has 2 aromatic heterocycles. The molecule has 0 unspecified atom stereocenters. The summed E-state index contributed by atoms with van der Waals surface area (Å²) in [5.74, 6) is 0.376. The van der Waals surface area contributed by atoms with E-state index in [9.17, 15) is 23.2 Å². The number of allylic oxidation sites excluding steroid dienone is 3. The van der Waals surface area contributed by atoms with Gasteiger partial charge in [0, 0.05) is 52.7 Å². The van der Waals surface area contributed by atoms with Crippen LogP contribution in [0, 0.1) is 11.9 Å². The highest BCUT2D eigenvalue weighted by Crippen LogP contribution is 2.38. The molecule has 0 aliphatic carbocycles. The van der Waals surface area contributed by atoms with Crippen molar-refractivity contribution in [2.45, 2.75) is 53.1 Å². The van der Waals surface area contributed by atoms with Crippen molar-refractivity contribution in [3.05, 3.63) is 215 Å². The van der Waals surface area contributed by atoms with Crippen molar-refractivity contribution < 1.29 is 37.4 Å². The molecule has 14 nitrogen and oxygen atoms in total. The largest absolute Gasteiger partial charge is 0.492 e. The fourth-order valence-electron chi connectivity index (χ4n) is 8.82. The normalized spacial score (nSPS) is 12.0. The summed E-state index contributed by atoms with van der Waals surface area (Å²) < 4.78 is 45.9. The monoisotopic (exact) mass is 1200 g/mol. The minimum absolute atomic E-state index is 0.0226. The summed E-state index contributed by atoms with van der Waals surface area (Å²) in [4.78, 5) is 40.0. The van der Waals surface area contributed by atoms with Gasteiger partial charge in [-0.3, -0.25) is 19.8 Å². The number of rotatable bonds is 20. The number of aromatic amines is 2. The molecule has 8 rings (SSSR count). The van der Waals surface area contributed by atoms with Crippen LogP contribution in [0.5, 0.6) is 11.5 Å². The zero-order valence-corrected chi connectivity index (χ0v) is 50.8. The fraction of sp³-hybridized carbons (Fsp3) is 0.269. The smallest absolute Gasteiger partial charge is 0.410 e. The second-order valence-electron chi connectivity index (χ2n) is 20.6. The van der Waals surface area contributed by atoms with E-state index in [4.69, 9.17) is 19.9 Å². The van der Waals surface area contributed by atoms with E-state index in [-0.39, 0.29) is 31.5 Å². The Morgan fingerprint density at radius 3 is 1.39 bits per heavy atom. The molecule has 17 heteroatoms. The summed E-state index contributed by atoms with van der Waals surface area (Å²) in [6.07, 6.45) is 7.48. The summed E-state index contributed by atoms with van der Waals surface area (Å²) >= 11 is 3.17. The Balaban J connectivity index is 0.000000248. The first-order chi connectivity index (χ1) is 40.4. The molecule has 4 N–H and O–H groups in total. The third kappa shape index (κ3) is 18.4. The van der Waals surface area contributed by atoms with Crippen LogP contribution in [0.25, 0.3) is 44.1 Å². The van der Waals surface area contributed by atoms with Crippen LogP contribution in [0.1, 0.15) is 80.8 Å². The quantitative estimate of drug-likeness (QED) is 0.0381. The number of carbonyl (C=O) groups excluding carboxylic acids is 3. The van der Waals surface area contributed by atoms with Crippen LogP contribution in [0.4, 0.5) is 13.6 Å². The number of H-pyrrole nitrogens is 2. The van der Waals surface area contributed by atoms with Crippen LogP contribution in [0.3, 0.4) is 0 Å². The van der Waals surface area contributed by atoms with Gasteiger partial charge in [-0.1, -0.05) is 139 Å². The minimum Gasteiger partial charge on any atom is -0.492 e. The van der Waals surface area contributed by atoms with Crippen molar-refractivity contribution in [2.75, 3.05) is 66.4 Å². The van der Waals surface area contributed by atoms with Gasteiger partial charge in [-0.15, -0.1) is 0 Å². The van der Waals surface area contributed by atoms with Crippen molar-refractivity contribution in [3.63, 3.8) is 0 Å². The highest BCUT2D eigenvalue weighted by atomic mass is 79.9. The van der Waals surface area contributed by atoms with Crippen molar-refractivity contribution >= 4 is 77.9 Å². The number of nitrogens with two attached hydrogens (primary N) is 1. The molecule has 0 bridgehead atoms. The maximum atomic E-state index is 14.5. The van der Waals surface area contributed by atoms with E-state index >= 15 is 0 Å². The third-order valence-corrected chi connectivity index (χ3v) is 13.3. The SMILES string of the molecule is CC/C(=C(/c1ccc(OCCN(C/C=C/C(=O)N(C)C)C(=O)OC(C)(C)C)cc1)c1ccc2n[nH]c(F)c2c1)c1ccccc1.CC/C(=C(/c1ccc(OCCN)cc1)c1ccc2n[nH]c(F)c2c1)c1ccccc1.CN(C)C(=O)/C=C/CBr. The van der Waals surface area contributed by atoms with Crippen LogP contribution in [-0.4, -0.2) is 125 Å². The number of alkyl halides is 1. The first kappa shape index (κ1) is 64.5. The molecule has 8 aromatic rings. The molecule has 6 aromatic carbocycles. The van der Waals surface area contributed by atoms with Gasteiger partial charge in [0.25, 0.3) is 0 Å². The van der Waals surface area contributed by atoms with Gasteiger partial charge in [-0.2, -0.15) is 19.0 Å². The standard InChI is InChI=1S/C36H41FN4O4.C25H24FN3O.C6H10BrNO/c1-7-29(25-12-9-8-10-13-25)33(27-17-20-31-30(24-27)34(37)39-38-31)26-15-18-28(19-16-26)44-23-22-41(35(43)45-36(2,3)4)21-11-14-32(42)40(5)6;1-2-21(17-6-4-3-5-7-17)24(18-8-11-20(12-9-18)30-15-14-27)19-10-13-23-22(16-19)25(26)29-28-23;1-8(2)6(9)4-3-5-7/h8-20,24H,7,21-23H2,1-6H3,(H,38,39);3-13,16H,2,14-15,27H2,1H3,(H,28,29);3-4H,5H2,1-2H3/b14-11+,33-29+;24-21+;4-3+. The summed E-state index contributed by atoms with van der Waals surface area (Å²) in [5, 5.41) is 14.6. The van der Waals surface area contributed by atoms with Crippen LogP contribution in [0.15, 0.2) is 170 Å². The molecule has 440 valence electrons. The lowest BCUT2D eigenvalue weighted by molar-refractivity contribution is -0.124. The molecule has 0 saturated carbocycles. The summed E-state index contributed by atoms with van der Waals surface area (Å²) in [6, 6.07) is 47.5. The lowest BCUT2D eigenvalue weighted by atomic mass is 9.88. The van der Waals surface area contributed by atoms with Gasteiger partial charge in [0.2, 0.25) is 23.7 Å². The first-order valence-electron chi connectivity index (χ1n) is 27.7. The molecule has 0 fully saturated rings. The molecule has 84 heavy (non-hydrogen) atoms. The number of aromatic nitrogens is 4. The number of carbonyl (C=O) groups is 3. The van der Waals surface area contributed by atoms with Gasteiger partial charge in [0.05, 0.1) is 28.4 Å². The highest BCUT2D eigenvalue weighted by molar-refractivity contribution is 9.09. The number of fused-ring (bicyclic) bond motifs is 2. The number of nitrogens with one attached hydrogen (secondary N) is 2.